The second kappa shape index (κ2) is 4.12. The van der Waals surface area contributed by atoms with E-state index < -0.39 is 0 Å². The van der Waals surface area contributed by atoms with E-state index in [1.807, 2.05) is 0 Å². The SMILES string of the molecule is CC(=O)CCSF. The molecule has 0 aromatic rings. The number of carbonyl (C=O) groups is 1. The molecule has 0 aromatic heterocycles. The summed E-state index contributed by atoms with van der Waals surface area (Å²) in [6.07, 6.45) is 0.348. The minimum atomic E-state index is 0.0464. The predicted octanol–water partition coefficient (Wildman–Crippen LogP) is 1.58. The first kappa shape index (κ1) is 6.95. The van der Waals surface area contributed by atoms with Crippen LogP contribution in [0.2, 0.25) is 0 Å². The number of hydrogen-bond donors (Lipinski definition) is 0. The lowest BCUT2D eigenvalue weighted by Crippen LogP contribution is -1.89. The molecule has 0 unspecified atom stereocenters. The van der Waals surface area contributed by atoms with Gasteiger partial charge in [-0.25, -0.2) is 0 Å². The van der Waals surface area contributed by atoms with Crippen LogP contribution in [0.1, 0.15) is 13.3 Å². The van der Waals surface area contributed by atoms with Gasteiger partial charge in [-0.1, -0.05) is 0 Å². The summed E-state index contributed by atoms with van der Waals surface area (Å²) in [4.78, 5) is 10.0. The van der Waals surface area contributed by atoms with E-state index in [-0.39, 0.29) is 17.9 Å². The average molecular weight is 122 g/mol. The van der Waals surface area contributed by atoms with Gasteiger partial charge in [0.05, 0.1) is 0 Å². The summed E-state index contributed by atoms with van der Waals surface area (Å²) in [6.45, 7) is 1.45. The van der Waals surface area contributed by atoms with Gasteiger partial charge in [0.15, 0.2) is 0 Å². The van der Waals surface area contributed by atoms with Crippen molar-refractivity contribution in [2.24, 2.45) is 0 Å². The third-order valence-corrected chi connectivity index (χ3v) is 0.890. The van der Waals surface area contributed by atoms with Gasteiger partial charge in [0, 0.05) is 24.3 Å². The van der Waals surface area contributed by atoms with Gasteiger partial charge >= 0.3 is 0 Å². The largest absolute Gasteiger partial charge is 0.300 e. The van der Waals surface area contributed by atoms with Crippen molar-refractivity contribution in [2.45, 2.75) is 13.3 Å². The van der Waals surface area contributed by atoms with Crippen LogP contribution in [0.4, 0.5) is 3.89 Å². The van der Waals surface area contributed by atoms with Crippen LogP contribution in [0.25, 0.3) is 0 Å². The lowest BCUT2D eigenvalue weighted by molar-refractivity contribution is -0.116. The maximum atomic E-state index is 11.1. The average Bonchev–Trinajstić information content (AvgIpc) is 1.61. The van der Waals surface area contributed by atoms with E-state index in [0.29, 0.717) is 12.2 Å². The molecule has 0 aliphatic carbocycles. The first-order valence-electron chi connectivity index (χ1n) is 2.00. The van der Waals surface area contributed by atoms with Crippen molar-refractivity contribution in [3.8, 4) is 0 Å². The molecular formula is C4H7FOS. The van der Waals surface area contributed by atoms with Gasteiger partial charge < -0.3 is 0 Å². The van der Waals surface area contributed by atoms with Gasteiger partial charge in [0.2, 0.25) is 0 Å². The van der Waals surface area contributed by atoms with Crippen LogP contribution in [0.3, 0.4) is 0 Å². The van der Waals surface area contributed by atoms with Crippen LogP contribution in [0.15, 0.2) is 0 Å². The minimum absolute atomic E-state index is 0.0464. The lowest BCUT2D eigenvalue weighted by atomic mass is 10.4. The molecule has 0 aromatic carbocycles. The molecular weight excluding hydrogens is 115 g/mol. The summed E-state index contributed by atoms with van der Waals surface area (Å²) >= 11 is 0.209. The smallest absolute Gasteiger partial charge is 0.130 e. The number of Topliss-reactive ketones (excluding diaryl/α,β-unsaturated/α-hetero) is 1. The number of carbonyl (C=O) groups excluding carboxylic acids is 1. The fraction of sp³-hybridized carbons (Fsp3) is 0.750. The van der Waals surface area contributed by atoms with Crippen LogP contribution >= 0.6 is 12.1 Å². The molecule has 0 fully saturated rings. The molecule has 3 heteroatoms. The molecule has 0 saturated carbocycles. The van der Waals surface area contributed by atoms with E-state index >= 15 is 0 Å². The topological polar surface area (TPSA) is 17.1 Å². The Morgan fingerprint density at radius 1 is 1.86 bits per heavy atom. The Kier molecular flexibility index (Phi) is 4.09. The summed E-state index contributed by atoms with van der Waals surface area (Å²) in [5, 5.41) is 0. The molecule has 0 amide bonds. The molecule has 0 heterocycles. The Bertz CT molecular complexity index is 64.7. The molecule has 0 radical (unpaired) electrons. The van der Waals surface area contributed by atoms with Crippen molar-refractivity contribution in [3.05, 3.63) is 0 Å². The van der Waals surface area contributed by atoms with Crippen LogP contribution in [-0.2, 0) is 4.79 Å². The zero-order valence-electron chi connectivity index (χ0n) is 4.11. The predicted molar refractivity (Wildman–Crippen MR) is 28.9 cm³/mol. The minimum Gasteiger partial charge on any atom is -0.300 e. The van der Waals surface area contributed by atoms with E-state index in [1.165, 1.54) is 6.92 Å². The zero-order chi connectivity index (χ0) is 5.70. The Morgan fingerprint density at radius 2 is 2.43 bits per heavy atom. The summed E-state index contributed by atoms with van der Waals surface area (Å²) in [5.74, 6) is 0.347. The first-order valence-corrected chi connectivity index (χ1v) is 2.89. The van der Waals surface area contributed by atoms with E-state index in [4.69, 9.17) is 0 Å². The Balaban J connectivity index is 2.82. The van der Waals surface area contributed by atoms with Crippen LogP contribution in [-0.4, -0.2) is 11.5 Å². The third kappa shape index (κ3) is 5.95. The standard InChI is InChI=1S/C4H7FOS/c1-4(6)2-3-7-5/h2-3H2,1H3. The van der Waals surface area contributed by atoms with Crippen LogP contribution < -0.4 is 0 Å². The number of rotatable bonds is 3. The molecule has 0 spiro atoms. The highest BCUT2D eigenvalue weighted by atomic mass is 32.2. The maximum Gasteiger partial charge on any atom is 0.130 e. The van der Waals surface area contributed by atoms with Crippen molar-refractivity contribution < 1.29 is 8.68 Å². The van der Waals surface area contributed by atoms with Crippen molar-refractivity contribution in [1.82, 2.24) is 0 Å². The number of ketones is 1. The van der Waals surface area contributed by atoms with E-state index in [0.717, 1.165) is 0 Å². The molecule has 7 heavy (non-hydrogen) atoms. The van der Waals surface area contributed by atoms with Crippen molar-refractivity contribution in [1.29, 1.82) is 0 Å². The normalized spacial score (nSPS) is 8.86. The zero-order valence-corrected chi connectivity index (χ0v) is 4.93. The van der Waals surface area contributed by atoms with Gasteiger partial charge in [-0.3, -0.25) is 4.79 Å². The van der Waals surface area contributed by atoms with Crippen molar-refractivity contribution in [2.75, 3.05) is 5.75 Å². The van der Waals surface area contributed by atoms with Crippen molar-refractivity contribution in [3.63, 3.8) is 0 Å². The number of halogens is 1. The fourth-order valence-electron chi connectivity index (χ4n) is 0.182. The van der Waals surface area contributed by atoms with E-state index in [9.17, 15) is 8.68 Å². The van der Waals surface area contributed by atoms with Gasteiger partial charge in [0.1, 0.15) is 5.78 Å². The van der Waals surface area contributed by atoms with Crippen LogP contribution in [0.5, 0.6) is 0 Å². The monoisotopic (exact) mass is 122 g/mol. The van der Waals surface area contributed by atoms with Gasteiger partial charge in [-0.2, -0.15) is 3.89 Å². The molecule has 0 saturated heterocycles. The maximum absolute atomic E-state index is 11.1. The Hall–Kier alpha value is -0.0500. The van der Waals surface area contributed by atoms with E-state index in [1.54, 1.807) is 0 Å². The highest BCUT2D eigenvalue weighted by Crippen LogP contribution is 2.01. The van der Waals surface area contributed by atoms with Gasteiger partial charge in [0.25, 0.3) is 0 Å². The molecule has 0 rings (SSSR count). The fourth-order valence-corrected chi connectivity index (χ4v) is 0.547. The lowest BCUT2D eigenvalue weighted by Gasteiger charge is -1.83. The highest BCUT2D eigenvalue weighted by Gasteiger charge is 1.90. The third-order valence-electron chi connectivity index (χ3n) is 0.531. The molecule has 1 nitrogen and oxygen atoms in total. The van der Waals surface area contributed by atoms with Gasteiger partial charge in [-0.05, 0) is 6.92 Å². The molecule has 0 aliphatic rings. The van der Waals surface area contributed by atoms with Gasteiger partial charge in [-0.15, -0.1) is 0 Å². The summed E-state index contributed by atoms with van der Waals surface area (Å²) in [5.41, 5.74) is 0. The highest BCUT2D eigenvalue weighted by molar-refractivity contribution is 7.94. The summed E-state index contributed by atoms with van der Waals surface area (Å²) in [7, 11) is 0. The quantitative estimate of drug-likeness (QED) is 0.565. The Labute approximate surface area is 46.6 Å². The van der Waals surface area contributed by atoms with E-state index in [2.05, 4.69) is 0 Å². The molecule has 0 bridgehead atoms. The molecule has 0 N–H and O–H groups in total. The summed E-state index contributed by atoms with van der Waals surface area (Å²) < 4.78 is 11.1. The summed E-state index contributed by atoms with van der Waals surface area (Å²) in [6, 6.07) is 0. The van der Waals surface area contributed by atoms with Crippen LogP contribution in [0, 0.1) is 0 Å². The molecule has 0 aliphatic heterocycles. The number of hydrogen-bond acceptors (Lipinski definition) is 2. The molecule has 0 atom stereocenters. The second-order valence-corrected chi connectivity index (χ2v) is 1.89. The second-order valence-electron chi connectivity index (χ2n) is 1.27. The first-order chi connectivity index (χ1) is 3.27. The van der Waals surface area contributed by atoms with Crippen molar-refractivity contribution >= 4 is 17.9 Å². The Morgan fingerprint density at radius 3 is 2.57 bits per heavy atom. The molecule has 42 valence electrons.